The monoisotopic (exact) mass is 315 g/mol. The van der Waals surface area contributed by atoms with Crippen LogP contribution in [0.15, 0.2) is 42.5 Å². The van der Waals surface area contributed by atoms with E-state index in [0.717, 1.165) is 6.07 Å². The number of para-hydroxylation sites is 1. The van der Waals surface area contributed by atoms with Gasteiger partial charge in [-0.05, 0) is 36.9 Å². The molecule has 0 aliphatic heterocycles. The second-order valence-corrected chi connectivity index (χ2v) is 4.79. The van der Waals surface area contributed by atoms with Crippen LogP contribution in [0.5, 0.6) is 11.5 Å². The fraction of sp³-hybridized carbons (Fsp3) is 0.200. The molecule has 0 saturated heterocycles. The number of hydrogen-bond donors (Lipinski definition) is 1. The quantitative estimate of drug-likeness (QED) is 0.869. The molecular weight excluding hydrogens is 303 g/mol. The van der Waals surface area contributed by atoms with Gasteiger partial charge in [-0.1, -0.05) is 29.8 Å². The largest absolute Gasteiger partial charge is 0.456 e. The molecule has 0 fully saturated rings. The van der Waals surface area contributed by atoms with Gasteiger partial charge < -0.3 is 10.1 Å². The van der Waals surface area contributed by atoms with Gasteiger partial charge in [0, 0.05) is 6.54 Å². The number of alkyl halides is 3. The SMILES string of the molecule is CNCc1ccc(Oc2ccccc2Cl)cc1C(F)(F)F. The highest BCUT2D eigenvalue weighted by molar-refractivity contribution is 6.32. The summed E-state index contributed by atoms with van der Waals surface area (Å²) < 4.78 is 44.6. The van der Waals surface area contributed by atoms with Crippen LogP contribution in [-0.4, -0.2) is 7.05 Å². The summed E-state index contributed by atoms with van der Waals surface area (Å²) in [6, 6.07) is 10.5. The van der Waals surface area contributed by atoms with Crippen molar-refractivity contribution in [3.63, 3.8) is 0 Å². The Hall–Kier alpha value is -1.72. The van der Waals surface area contributed by atoms with Crippen molar-refractivity contribution in [3.8, 4) is 11.5 Å². The summed E-state index contributed by atoms with van der Waals surface area (Å²) in [4.78, 5) is 0. The summed E-state index contributed by atoms with van der Waals surface area (Å²) in [7, 11) is 1.59. The van der Waals surface area contributed by atoms with Crippen LogP contribution in [0.1, 0.15) is 11.1 Å². The van der Waals surface area contributed by atoms with Crippen molar-refractivity contribution in [1.29, 1.82) is 0 Å². The number of benzene rings is 2. The minimum absolute atomic E-state index is 0.0929. The van der Waals surface area contributed by atoms with Crippen LogP contribution in [0.2, 0.25) is 5.02 Å². The average molecular weight is 316 g/mol. The molecule has 2 aromatic rings. The number of rotatable bonds is 4. The van der Waals surface area contributed by atoms with Crippen molar-refractivity contribution in [2.75, 3.05) is 7.05 Å². The molecule has 0 aromatic heterocycles. The number of halogens is 4. The van der Waals surface area contributed by atoms with E-state index in [1.807, 2.05) is 0 Å². The highest BCUT2D eigenvalue weighted by Gasteiger charge is 2.33. The van der Waals surface area contributed by atoms with Crippen LogP contribution in [-0.2, 0) is 12.7 Å². The van der Waals surface area contributed by atoms with Crippen LogP contribution in [0, 0.1) is 0 Å². The predicted molar refractivity (Wildman–Crippen MR) is 75.7 cm³/mol. The number of ether oxygens (including phenoxy) is 1. The Kier molecular flexibility index (Phi) is 4.75. The van der Waals surface area contributed by atoms with E-state index >= 15 is 0 Å². The van der Waals surface area contributed by atoms with E-state index < -0.39 is 11.7 Å². The molecule has 0 heterocycles. The lowest BCUT2D eigenvalue weighted by molar-refractivity contribution is -0.138. The van der Waals surface area contributed by atoms with E-state index in [1.165, 1.54) is 12.1 Å². The second-order valence-electron chi connectivity index (χ2n) is 4.38. The molecule has 0 radical (unpaired) electrons. The number of nitrogens with one attached hydrogen (secondary N) is 1. The molecule has 0 aliphatic carbocycles. The Labute approximate surface area is 125 Å². The lowest BCUT2D eigenvalue weighted by Gasteiger charge is -2.15. The van der Waals surface area contributed by atoms with Gasteiger partial charge in [-0.3, -0.25) is 0 Å². The summed E-state index contributed by atoms with van der Waals surface area (Å²) in [5.41, 5.74) is -0.557. The van der Waals surface area contributed by atoms with Gasteiger partial charge in [0.05, 0.1) is 10.6 Å². The predicted octanol–water partition coefficient (Wildman–Crippen LogP) is 4.87. The third kappa shape index (κ3) is 3.89. The second kappa shape index (κ2) is 6.37. The highest BCUT2D eigenvalue weighted by atomic mass is 35.5. The normalized spacial score (nSPS) is 11.5. The van der Waals surface area contributed by atoms with Gasteiger partial charge in [-0.25, -0.2) is 0 Å². The summed E-state index contributed by atoms with van der Waals surface area (Å²) >= 11 is 5.93. The van der Waals surface area contributed by atoms with Gasteiger partial charge in [0.1, 0.15) is 11.5 Å². The first-order valence-corrected chi connectivity index (χ1v) is 6.56. The molecule has 2 rings (SSSR count). The molecule has 2 aromatic carbocycles. The maximum Gasteiger partial charge on any atom is 0.416 e. The van der Waals surface area contributed by atoms with Crippen molar-refractivity contribution in [3.05, 3.63) is 58.6 Å². The molecule has 2 nitrogen and oxygen atoms in total. The van der Waals surface area contributed by atoms with Gasteiger partial charge in [0.15, 0.2) is 0 Å². The van der Waals surface area contributed by atoms with E-state index in [2.05, 4.69) is 5.32 Å². The van der Waals surface area contributed by atoms with Gasteiger partial charge in [0.2, 0.25) is 0 Å². The Morgan fingerprint density at radius 1 is 1.14 bits per heavy atom. The molecule has 0 unspecified atom stereocenters. The third-order valence-corrected chi connectivity index (χ3v) is 3.13. The van der Waals surface area contributed by atoms with Gasteiger partial charge >= 0.3 is 6.18 Å². The van der Waals surface area contributed by atoms with E-state index in [1.54, 1.807) is 31.3 Å². The summed E-state index contributed by atoms with van der Waals surface area (Å²) in [6.45, 7) is 0.126. The van der Waals surface area contributed by atoms with Crippen LogP contribution in [0.4, 0.5) is 13.2 Å². The summed E-state index contributed by atoms with van der Waals surface area (Å²) in [5.74, 6) is 0.406. The molecule has 0 atom stereocenters. The maximum atomic E-state index is 13.1. The standard InChI is InChI=1S/C15H13ClF3NO/c1-20-9-10-6-7-11(8-12(10)15(17,18)19)21-14-5-3-2-4-13(14)16/h2-8,20H,9H2,1H3. The van der Waals surface area contributed by atoms with Crippen LogP contribution < -0.4 is 10.1 Å². The van der Waals surface area contributed by atoms with Crippen molar-refractivity contribution in [2.45, 2.75) is 12.7 Å². The number of hydrogen-bond acceptors (Lipinski definition) is 2. The summed E-state index contributed by atoms with van der Waals surface area (Å²) in [6.07, 6.45) is -4.44. The van der Waals surface area contributed by atoms with Gasteiger partial charge in [0.25, 0.3) is 0 Å². The zero-order valence-corrected chi connectivity index (χ0v) is 11.9. The molecule has 1 N–H and O–H groups in total. The molecule has 0 amide bonds. The summed E-state index contributed by atoms with van der Waals surface area (Å²) in [5, 5.41) is 3.05. The van der Waals surface area contributed by atoms with Crippen molar-refractivity contribution in [2.24, 2.45) is 0 Å². The topological polar surface area (TPSA) is 21.3 Å². The first-order chi connectivity index (χ1) is 9.91. The van der Waals surface area contributed by atoms with Crippen molar-refractivity contribution in [1.82, 2.24) is 5.32 Å². The Bertz CT molecular complexity index is 629. The van der Waals surface area contributed by atoms with Crippen LogP contribution in [0.3, 0.4) is 0 Å². The molecule has 0 spiro atoms. The Morgan fingerprint density at radius 2 is 1.86 bits per heavy atom. The first kappa shape index (κ1) is 15.7. The van der Waals surface area contributed by atoms with Gasteiger partial charge in [-0.2, -0.15) is 13.2 Å². The Balaban J connectivity index is 2.36. The van der Waals surface area contributed by atoms with E-state index in [0.29, 0.717) is 10.8 Å². The molecule has 0 saturated carbocycles. The Morgan fingerprint density at radius 3 is 2.48 bits per heavy atom. The van der Waals surface area contributed by atoms with Crippen LogP contribution in [0.25, 0.3) is 0 Å². The highest BCUT2D eigenvalue weighted by Crippen LogP contribution is 2.36. The van der Waals surface area contributed by atoms with Crippen molar-refractivity contribution < 1.29 is 17.9 Å². The molecule has 6 heteroatoms. The lowest BCUT2D eigenvalue weighted by atomic mass is 10.1. The zero-order chi connectivity index (χ0) is 15.5. The first-order valence-electron chi connectivity index (χ1n) is 6.19. The zero-order valence-electron chi connectivity index (χ0n) is 11.2. The van der Waals surface area contributed by atoms with E-state index in [-0.39, 0.29) is 17.9 Å². The molecular formula is C15H13ClF3NO. The third-order valence-electron chi connectivity index (χ3n) is 2.82. The molecule has 21 heavy (non-hydrogen) atoms. The van der Waals surface area contributed by atoms with Gasteiger partial charge in [-0.15, -0.1) is 0 Å². The lowest BCUT2D eigenvalue weighted by Crippen LogP contribution is -2.14. The van der Waals surface area contributed by atoms with E-state index in [9.17, 15) is 13.2 Å². The maximum absolute atomic E-state index is 13.1. The smallest absolute Gasteiger partial charge is 0.416 e. The fourth-order valence-corrected chi connectivity index (χ4v) is 2.06. The molecule has 0 aliphatic rings. The molecule has 0 bridgehead atoms. The van der Waals surface area contributed by atoms with E-state index in [4.69, 9.17) is 16.3 Å². The average Bonchev–Trinajstić information content (AvgIpc) is 2.42. The van der Waals surface area contributed by atoms with Crippen LogP contribution >= 0.6 is 11.6 Å². The van der Waals surface area contributed by atoms with Crippen molar-refractivity contribution >= 4 is 11.6 Å². The minimum Gasteiger partial charge on any atom is -0.456 e. The molecule has 112 valence electrons. The minimum atomic E-state index is -4.44. The fourth-order valence-electron chi connectivity index (χ4n) is 1.88.